The van der Waals surface area contributed by atoms with E-state index in [0.717, 1.165) is 31.4 Å². The van der Waals surface area contributed by atoms with Crippen molar-refractivity contribution in [3.63, 3.8) is 0 Å². The summed E-state index contributed by atoms with van der Waals surface area (Å²) in [5.41, 5.74) is -0.612. The van der Waals surface area contributed by atoms with E-state index in [1.807, 2.05) is 0 Å². The Hall–Kier alpha value is -4.20. The summed E-state index contributed by atoms with van der Waals surface area (Å²) in [4.78, 5) is 43.4. The first-order chi connectivity index (χ1) is 18.1. The first-order valence-electron chi connectivity index (χ1n) is 11.4. The van der Waals surface area contributed by atoms with Crippen LogP contribution in [0.3, 0.4) is 0 Å². The third kappa shape index (κ3) is 10.0. The molecular formula is C25H28O13. The summed E-state index contributed by atoms with van der Waals surface area (Å²) in [6.45, 7) is 0.891. The van der Waals surface area contributed by atoms with Gasteiger partial charge in [-0.3, -0.25) is 0 Å². The number of aromatic carboxylic acids is 4. The van der Waals surface area contributed by atoms with Gasteiger partial charge >= 0.3 is 23.9 Å². The van der Waals surface area contributed by atoms with E-state index in [-0.39, 0.29) is 66.5 Å². The molecule has 0 radical (unpaired) electrons. The Balaban J connectivity index is 0.000000281. The van der Waals surface area contributed by atoms with Gasteiger partial charge in [-0.15, -0.1) is 0 Å². The molecule has 0 amide bonds. The van der Waals surface area contributed by atoms with E-state index in [0.29, 0.717) is 6.61 Å². The summed E-state index contributed by atoms with van der Waals surface area (Å²) in [6, 6.07) is 7.09. The Kier molecular flexibility index (Phi) is 12.0. The van der Waals surface area contributed by atoms with Crippen LogP contribution in [0, 0.1) is 0 Å². The molecule has 13 nitrogen and oxygen atoms in total. The lowest BCUT2D eigenvalue weighted by Crippen LogP contribution is -2.24. The van der Waals surface area contributed by atoms with E-state index < -0.39 is 23.9 Å². The number of carboxylic acid groups (broad SMARTS) is 4. The number of rotatable bonds is 12. The van der Waals surface area contributed by atoms with Crippen molar-refractivity contribution in [3.05, 3.63) is 58.7 Å². The number of hydrogen-bond acceptors (Lipinski definition) is 9. The highest BCUT2D eigenvalue weighted by Crippen LogP contribution is 2.19. The van der Waals surface area contributed by atoms with E-state index >= 15 is 0 Å². The van der Waals surface area contributed by atoms with Crippen molar-refractivity contribution in [3.8, 4) is 11.5 Å². The topological polar surface area (TPSA) is 206 Å². The molecule has 0 aromatic heterocycles. The number of carbonyl (C=O) groups is 4. The smallest absolute Gasteiger partial charge is 0.335 e. The fraction of sp³-hybridized carbons (Fsp3) is 0.360. The van der Waals surface area contributed by atoms with Crippen LogP contribution in [0.5, 0.6) is 11.5 Å². The molecule has 2 aromatic rings. The fourth-order valence-electron chi connectivity index (χ4n) is 3.20. The van der Waals surface area contributed by atoms with Crippen LogP contribution in [0.1, 0.15) is 60.7 Å². The molecule has 38 heavy (non-hydrogen) atoms. The van der Waals surface area contributed by atoms with Crippen LogP contribution in [0.2, 0.25) is 0 Å². The van der Waals surface area contributed by atoms with Crippen LogP contribution >= 0.6 is 0 Å². The van der Waals surface area contributed by atoms with Crippen molar-refractivity contribution in [2.24, 2.45) is 0 Å². The summed E-state index contributed by atoms with van der Waals surface area (Å²) in [5, 5.41) is 43.9. The molecule has 0 aliphatic carbocycles. The van der Waals surface area contributed by atoms with Gasteiger partial charge in [0.05, 0.1) is 35.5 Å². The molecule has 1 aliphatic heterocycles. The van der Waals surface area contributed by atoms with Crippen LogP contribution in [0.4, 0.5) is 0 Å². The van der Waals surface area contributed by atoms with E-state index in [9.17, 15) is 19.2 Å². The Morgan fingerprint density at radius 1 is 0.684 bits per heavy atom. The maximum absolute atomic E-state index is 11.0. The predicted octanol–water partition coefficient (Wildman–Crippen LogP) is 2.46. The number of carboxylic acids is 4. The average Bonchev–Trinajstić information content (AvgIpc) is 2.90. The molecule has 1 aliphatic rings. The van der Waals surface area contributed by atoms with Gasteiger partial charge in [-0.1, -0.05) is 0 Å². The van der Waals surface area contributed by atoms with E-state index in [1.165, 1.54) is 24.3 Å². The maximum atomic E-state index is 11.0. The van der Waals surface area contributed by atoms with E-state index in [2.05, 4.69) is 0 Å². The first-order valence-corrected chi connectivity index (χ1v) is 11.4. The highest BCUT2D eigenvalue weighted by Gasteiger charge is 2.15. The van der Waals surface area contributed by atoms with Crippen molar-refractivity contribution in [2.75, 3.05) is 33.0 Å². The summed E-state index contributed by atoms with van der Waals surface area (Å²) in [6.07, 6.45) is 2.72. The highest BCUT2D eigenvalue weighted by atomic mass is 16.7. The molecule has 1 unspecified atom stereocenters. The Morgan fingerprint density at radius 2 is 1.13 bits per heavy atom. The lowest BCUT2D eigenvalue weighted by Gasteiger charge is -2.22. The van der Waals surface area contributed by atoms with Gasteiger partial charge in [0.1, 0.15) is 24.7 Å². The zero-order valence-corrected chi connectivity index (χ0v) is 20.2. The Bertz CT molecular complexity index is 1060. The fourth-order valence-corrected chi connectivity index (χ4v) is 3.20. The van der Waals surface area contributed by atoms with Gasteiger partial charge in [-0.25, -0.2) is 19.2 Å². The summed E-state index contributed by atoms with van der Waals surface area (Å²) < 4.78 is 21.2. The van der Waals surface area contributed by atoms with Crippen molar-refractivity contribution < 1.29 is 63.7 Å². The normalized spacial score (nSPS) is 14.5. The molecule has 3 rings (SSSR count). The molecule has 1 heterocycles. The second-order valence-corrected chi connectivity index (χ2v) is 7.80. The number of benzene rings is 2. The zero-order chi connectivity index (χ0) is 28.1. The van der Waals surface area contributed by atoms with Crippen molar-refractivity contribution in [1.82, 2.24) is 0 Å². The molecule has 2 aromatic carbocycles. The molecule has 13 heteroatoms. The monoisotopic (exact) mass is 536 g/mol. The summed E-state index contributed by atoms with van der Waals surface area (Å²) in [7, 11) is 0. The minimum atomic E-state index is -1.24. The summed E-state index contributed by atoms with van der Waals surface area (Å²) >= 11 is 0. The summed E-state index contributed by atoms with van der Waals surface area (Å²) in [5.74, 6) is -4.61. The lowest BCUT2D eigenvalue weighted by molar-refractivity contribution is -0.165. The van der Waals surface area contributed by atoms with Crippen LogP contribution in [0.15, 0.2) is 36.4 Å². The number of aliphatic hydroxyl groups is 1. The molecule has 0 spiro atoms. The average molecular weight is 536 g/mol. The van der Waals surface area contributed by atoms with Crippen molar-refractivity contribution in [1.29, 1.82) is 0 Å². The van der Waals surface area contributed by atoms with Crippen LogP contribution in [-0.2, 0) is 9.47 Å². The third-order valence-electron chi connectivity index (χ3n) is 4.95. The lowest BCUT2D eigenvalue weighted by atomic mass is 10.1. The molecule has 0 saturated carbocycles. The molecule has 206 valence electrons. The SMILES string of the molecule is O=C(O)c1cc(OCCO)cc(C(=O)O)c1.O=C(O)c1cc(OCCOC2CCCCO2)cc(C(=O)O)c1. The van der Waals surface area contributed by atoms with Gasteiger partial charge in [-0.2, -0.15) is 0 Å². The van der Waals surface area contributed by atoms with Crippen molar-refractivity contribution >= 4 is 23.9 Å². The second-order valence-electron chi connectivity index (χ2n) is 7.80. The predicted molar refractivity (Wildman–Crippen MR) is 128 cm³/mol. The third-order valence-corrected chi connectivity index (χ3v) is 4.95. The largest absolute Gasteiger partial charge is 0.491 e. The highest BCUT2D eigenvalue weighted by molar-refractivity contribution is 5.95. The molecule has 5 N–H and O–H groups in total. The minimum absolute atomic E-state index is 0.0257. The van der Waals surface area contributed by atoms with Crippen LogP contribution in [-0.4, -0.2) is 88.7 Å². The first kappa shape index (κ1) is 30.0. The zero-order valence-electron chi connectivity index (χ0n) is 20.2. The Labute approximate surface area is 216 Å². The maximum Gasteiger partial charge on any atom is 0.335 e. The molecular weight excluding hydrogens is 508 g/mol. The van der Waals surface area contributed by atoms with Crippen LogP contribution in [0.25, 0.3) is 0 Å². The van der Waals surface area contributed by atoms with Gasteiger partial charge in [0.2, 0.25) is 0 Å². The van der Waals surface area contributed by atoms with Gasteiger partial charge in [0, 0.05) is 6.61 Å². The second kappa shape index (κ2) is 15.1. The number of aliphatic hydroxyl groups excluding tert-OH is 1. The van der Waals surface area contributed by atoms with Crippen LogP contribution < -0.4 is 9.47 Å². The molecule has 1 atom stereocenters. The van der Waals surface area contributed by atoms with Gasteiger partial charge in [0.25, 0.3) is 0 Å². The number of ether oxygens (including phenoxy) is 4. The van der Waals surface area contributed by atoms with Gasteiger partial charge in [-0.05, 0) is 55.7 Å². The number of hydrogen-bond donors (Lipinski definition) is 5. The minimum Gasteiger partial charge on any atom is -0.491 e. The molecule has 0 bridgehead atoms. The van der Waals surface area contributed by atoms with Gasteiger partial charge in [0.15, 0.2) is 6.29 Å². The van der Waals surface area contributed by atoms with E-state index in [1.54, 1.807) is 0 Å². The quantitative estimate of drug-likeness (QED) is 0.247. The molecule has 1 fully saturated rings. The van der Waals surface area contributed by atoms with E-state index in [4.69, 9.17) is 44.5 Å². The standard InChI is InChI=1S/C15H18O7.C10H10O6/c16-14(17)10-7-11(15(18)19)9-12(8-10)20-5-6-22-13-3-1-2-4-21-13;11-1-2-16-8-4-6(9(12)13)3-7(5-8)10(14)15/h7-9,13H,1-6H2,(H,16,17)(H,18,19);3-5,11H,1-2H2,(H,12,13)(H,14,15). The molecule has 1 saturated heterocycles. The Morgan fingerprint density at radius 3 is 1.50 bits per heavy atom. The van der Waals surface area contributed by atoms with Gasteiger partial charge < -0.3 is 44.5 Å². The van der Waals surface area contributed by atoms with Crippen molar-refractivity contribution in [2.45, 2.75) is 25.6 Å².